The summed E-state index contributed by atoms with van der Waals surface area (Å²) in [6, 6.07) is 10.7. The summed E-state index contributed by atoms with van der Waals surface area (Å²) in [4.78, 5) is 26.2. The number of aromatic carboxylic acids is 1. The molecule has 1 aliphatic rings. The lowest BCUT2D eigenvalue weighted by atomic mass is 10.1. The van der Waals surface area contributed by atoms with Crippen molar-refractivity contribution in [3.63, 3.8) is 0 Å². The summed E-state index contributed by atoms with van der Waals surface area (Å²) in [5, 5.41) is 16.5. The number of halogens is 3. The van der Waals surface area contributed by atoms with E-state index in [1.54, 1.807) is 30.7 Å². The first-order valence-electron chi connectivity index (χ1n) is 10.7. The van der Waals surface area contributed by atoms with Gasteiger partial charge in [0.05, 0.1) is 22.9 Å². The Morgan fingerprint density at radius 3 is 2.29 bits per heavy atom. The number of hydrogen-bond acceptors (Lipinski definition) is 4. The number of carboxylic acid groups (broad SMARTS) is 1. The highest BCUT2D eigenvalue weighted by atomic mass is 19.4. The van der Waals surface area contributed by atoms with Gasteiger partial charge in [-0.15, -0.1) is 0 Å². The molecule has 2 aromatic carbocycles. The van der Waals surface area contributed by atoms with Crippen LogP contribution in [-0.2, 0) is 12.7 Å². The second-order valence-electron chi connectivity index (χ2n) is 8.18. The highest BCUT2D eigenvalue weighted by Gasteiger charge is 2.32. The largest absolute Gasteiger partial charge is 0.478 e. The molecule has 0 fully saturated rings. The molecular formula is C24H23F3N4O3. The van der Waals surface area contributed by atoms with Crippen LogP contribution in [0.1, 0.15) is 56.9 Å². The van der Waals surface area contributed by atoms with E-state index in [1.807, 2.05) is 4.90 Å². The van der Waals surface area contributed by atoms with Crippen molar-refractivity contribution in [3.8, 4) is 0 Å². The van der Waals surface area contributed by atoms with Gasteiger partial charge in [0.2, 0.25) is 0 Å². The molecule has 2 N–H and O–H groups in total. The molecule has 178 valence electrons. The fourth-order valence-electron chi connectivity index (χ4n) is 4.10. The number of anilines is 2. The number of carboxylic acids is 1. The summed E-state index contributed by atoms with van der Waals surface area (Å²) in [7, 11) is 0. The zero-order valence-corrected chi connectivity index (χ0v) is 18.6. The summed E-state index contributed by atoms with van der Waals surface area (Å²) in [6.07, 6.45) is -3.70. The number of nitrogens with one attached hydrogen (secondary N) is 1. The first kappa shape index (κ1) is 23.3. The number of aryl methyl sites for hydroxylation is 2. The van der Waals surface area contributed by atoms with Gasteiger partial charge in [-0.3, -0.25) is 4.79 Å². The summed E-state index contributed by atoms with van der Waals surface area (Å²) in [6.45, 7) is 4.62. The van der Waals surface area contributed by atoms with Crippen molar-refractivity contribution in [2.24, 2.45) is 0 Å². The Bertz CT molecular complexity index is 1220. The molecule has 34 heavy (non-hydrogen) atoms. The second-order valence-corrected chi connectivity index (χ2v) is 8.18. The molecule has 1 aromatic heterocycles. The van der Waals surface area contributed by atoms with Gasteiger partial charge in [-0.1, -0.05) is 12.1 Å². The second kappa shape index (κ2) is 8.85. The number of carbonyl (C=O) groups excluding carboxylic acids is 1. The summed E-state index contributed by atoms with van der Waals surface area (Å²) in [5.74, 6) is -0.865. The third-order valence-electron chi connectivity index (χ3n) is 5.85. The molecule has 0 radical (unpaired) electrons. The monoisotopic (exact) mass is 472 g/mol. The highest BCUT2D eigenvalue weighted by molar-refractivity contribution is 6.01. The van der Waals surface area contributed by atoms with E-state index >= 15 is 0 Å². The standard InChI is InChI=1S/C24H23F3N4O3/c1-14(16-4-6-17(7-5-16)23(33)34)28-21(32)20-15(2)29-31-13-3-12-30(22(20)31)19-10-8-18(9-11-19)24(25,26)27/h4-11,14H,3,12-13H2,1-2H3,(H,28,32)(H,33,34)/t14-/m0/s1. The summed E-state index contributed by atoms with van der Waals surface area (Å²) in [5.41, 5.74) is 1.56. The molecule has 3 aromatic rings. The third kappa shape index (κ3) is 4.48. The molecule has 10 heteroatoms. The van der Waals surface area contributed by atoms with E-state index in [0.29, 0.717) is 35.9 Å². The van der Waals surface area contributed by atoms with Crippen LogP contribution in [0.25, 0.3) is 0 Å². The molecule has 0 aliphatic carbocycles. The molecule has 0 unspecified atom stereocenters. The number of hydrogen-bond donors (Lipinski definition) is 2. The maximum atomic E-state index is 13.3. The van der Waals surface area contributed by atoms with Gasteiger partial charge in [-0.05, 0) is 62.2 Å². The molecule has 0 saturated heterocycles. The Morgan fingerprint density at radius 2 is 1.71 bits per heavy atom. The van der Waals surface area contributed by atoms with Crippen LogP contribution >= 0.6 is 0 Å². The van der Waals surface area contributed by atoms with Gasteiger partial charge < -0.3 is 15.3 Å². The van der Waals surface area contributed by atoms with E-state index in [1.165, 1.54) is 24.3 Å². The highest BCUT2D eigenvalue weighted by Crippen LogP contribution is 2.36. The van der Waals surface area contributed by atoms with Crippen LogP contribution in [0, 0.1) is 6.92 Å². The van der Waals surface area contributed by atoms with Crippen LogP contribution in [0.2, 0.25) is 0 Å². The van der Waals surface area contributed by atoms with Gasteiger partial charge in [0.25, 0.3) is 5.91 Å². The molecule has 0 spiro atoms. The number of carbonyl (C=O) groups is 2. The van der Waals surface area contributed by atoms with Crippen molar-refractivity contribution >= 4 is 23.4 Å². The fraction of sp³-hybridized carbons (Fsp3) is 0.292. The smallest absolute Gasteiger partial charge is 0.416 e. The molecule has 4 rings (SSSR count). The van der Waals surface area contributed by atoms with E-state index in [0.717, 1.165) is 24.1 Å². The quantitative estimate of drug-likeness (QED) is 0.549. The molecule has 0 saturated carbocycles. The minimum absolute atomic E-state index is 0.149. The zero-order valence-electron chi connectivity index (χ0n) is 18.6. The van der Waals surface area contributed by atoms with Crippen molar-refractivity contribution in [1.29, 1.82) is 0 Å². The third-order valence-corrected chi connectivity index (χ3v) is 5.85. The van der Waals surface area contributed by atoms with Gasteiger partial charge in [-0.25, -0.2) is 9.48 Å². The molecule has 0 bridgehead atoms. The van der Waals surface area contributed by atoms with Crippen molar-refractivity contribution < 1.29 is 27.9 Å². The first-order chi connectivity index (χ1) is 16.1. The Kier molecular flexibility index (Phi) is 6.07. The Labute approximate surface area is 193 Å². The first-order valence-corrected chi connectivity index (χ1v) is 10.7. The van der Waals surface area contributed by atoms with E-state index < -0.39 is 23.8 Å². The van der Waals surface area contributed by atoms with Crippen LogP contribution in [0.4, 0.5) is 24.7 Å². The van der Waals surface area contributed by atoms with Crippen LogP contribution < -0.4 is 10.2 Å². The van der Waals surface area contributed by atoms with Gasteiger partial charge in [0.1, 0.15) is 11.4 Å². The summed E-state index contributed by atoms with van der Waals surface area (Å²) < 4.78 is 40.7. The molecule has 1 amide bonds. The number of benzene rings is 2. The topological polar surface area (TPSA) is 87.5 Å². The van der Waals surface area contributed by atoms with Crippen molar-refractivity contribution in [1.82, 2.24) is 15.1 Å². The average Bonchev–Trinajstić information content (AvgIpc) is 3.14. The van der Waals surface area contributed by atoms with E-state index in [4.69, 9.17) is 5.11 Å². The average molecular weight is 472 g/mol. The van der Waals surface area contributed by atoms with Crippen molar-refractivity contribution in [3.05, 3.63) is 76.5 Å². The minimum atomic E-state index is -4.43. The van der Waals surface area contributed by atoms with Gasteiger partial charge in [0, 0.05) is 18.8 Å². The number of amides is 1. The van der Waals surface area contributed by atoms with Crippen LogP contribution in [0.5, 0.6) is 0 Å². The molecule has 7 nitrogen and oxygen atoms in total. The predicted molar refractivity (Wildman–Crippen MR) is 119 cm³/mol. The number of nitrogens with zero attached hydrogens (tertiary/aromatic N) is 3. The summed E-state index contributed by atoms with van der Waals surface area (Å²) >= 11 is 0. The Morgan fingerprint density at radius 1 is 1.06 bits per heavy atom. The maximum Gasteiger partial charge on any atom is 0.416 e. The van der Waals surface area contributed by atoms with Gasteiger partial charge in [-0.2, -0.15) is 18.3 Å². The normalized spacial score (nSPS) is 14.4. The Hall–Kier alpha value is -3.82. The van der Waals surface area contributed by atoms with E-state index in [-0.39, 0.29) is 11.5 Å². The molecule has 1 aliphatic heterocycles. The molecular weight excluding hydrogens is 449 g/mol. The number of fused-ring (bicyclic) bond motifs is 1. The number of alkyl halides is 3. The maximum absolute atomic E-state index is 13.3. The predicted octanol–water partition coefficient (Wildman–Crippen LogP) is 4.94. The molecule has 2 heterocycles. The van der Waals surface area contributed by atoms with Gasteiger partial charge >= 0.3 is 12.1 Å². The van der Waals surface area contributed by atoms with Crippen LogP contribution in [0.3, 0.4) is 0 Å². The van der Waals surface area contributed by atoms with Crippen molar-refractivity contribution in [2.75, 3.05) is 11.4 Å². The molecule has 1 atom stereocenters. The van der Waals surface area contributed by atoms with Crippen molar-refractivity contribution in [2.45, 2.75) is 39.0 Å². The van der Waals surface area contributed by atoms with Gasteiger partial charge in [0.15, 0.2) is 0 Å². The fourth-order valence-corrected chi connectivity index (χ4v) is 4.10. The number of rotatable bonds is 5. The van der Waals surface area contributed by atoms with Crippen LogP contribution in [0.15, 0.2) is 48.5 Å². The lowest BCUT2D eigenvalue weighted by Crippen LogP contribution is -2.32. The lowest BCUT2D eigenvalue weighted by Gasteiger charge is -2.31. The Balaban J connectivity index is 1.62. The minimum Gasteiger partial charge on any atom is -0.478 e. The lowest BCUT2D eigenvalue weighted by molar-refractivity contribution is -0.137. The van der Waals surface area contributed by atoms with E-state index in [9.17, 15) is 22.8 Å². The number of aromatic nitrogens is 2. The SMILES string of the molecule is Cc1nn2c(c1C(=O)N[C@@H](C)c1ccc(C(=O)O)cc1)N(c1ccc(C(F)(F)F)cc1)CCC2. The zero-order chi connectivity index (χ0) is 24.6. The van der Waals surface area contributed by atoms with E-state index in [2.05, 4.69) is 10.4 Å². The van der Waals surface area contributed by atoms with Crippen LogP contribution in [-0.4, -0.2) is 33.3 Å².